The SMILES string of the molecule is CN(Cc1nccn1C(F)F)C(=O)CCSc1ccccc1F. The highest BCUT2D eigenvalue weighted by Crippen LogP contribution is 2.22. The molecule has 0 radical (unpaired) electrons. The Labute approximate surface area is 136 Å². The third kappa shape index (κ3) is 4.75. The van der Waals surface area contributed by atoms with Gasteiger partial charge in [-0.25, -0.2) is 9.37 Å². The van der Waals surface area contributed by atoms with Crippen LogP contribution in [0, 0.1) is 5.82 Å². The first-order valence-electron chi connectivity index (χ1n) is 6.90. The van der Waals surface area contributed by atoms with Crippen LogP contribution >= 0.6 is 11.8 Å². The fourth-order valence-corrected chi connectivity index (χ4v) is 2.82. The van der Waals surface area contributed by atoms with Gasteiger partial charge in [0.15, 0.2) is 0 Å². The first-order valence-corrected chi connectivity index (χ1v) is 7.88. The van der Waals surface area contributed by atoms with Gasteiger partial charge in [0.1, 0.15) is 11.6 Å². The lowest BCUT2D eigenvalue weighted by Gasteiger charge is -2.17. The first kappa shape index (κ1) is 17.4. The lowest BCUT2D eigenvalue weighted by atomic mass is 10.3. The molecule has 0 fully saturated rings. The number of imidazole rings is 1. The average Bonchev–Trinajstić information content (AvgIpc) is 2.97. The molecular weight excluding hydrogens is 327 g/mol. The molecule has 4 nitrogen and oxygen atoms in total. The van der Waals surface area contributed by atoms with Crippen LogP contribution in [0.1, 0.15) is 18.8 Å². The van der Waals surface area contributed by atoms with Crippen molar-refractivity contribution in [2.75, 3.05) is 12.8 Å². The van der Waals surface area contributed by atoms with E-state index in [0.29, 0.717) is 10.6 Å². The van der Waals surface area contributed by atoms with Crippen molar-refractivity contribution in [1.29, 1.82) is 0 Å². The molecule has 1 amide bonds. The van der Waals surface area contributed by atoms with E-state index in [1.54, 1.807) is 18.2 Å². The highest BCUT2D eigenvalue weighted by Gasteiger charge is 2.16. The molecular formula is C15H16F3N3OS. The Bertz CT molecular complexity index is 663. The number of carbonyl (C=O) groups excluding carboxylic acids is 1. The standard InChI is InChI=1S/C15H16F3N3OS/c1-20(10-13-19-7-8-21(13)15(17)18)14(22)6-9-23-12-5-3-2-4-11(12)16/h2-5,7-8,15H,6,9-10H2,1H3. The number of benzene rings is 1. The lowest BCUT2D eigenvalue weighted by Crippen LogP contribution is -2.28. The first-order chi connectivity index (χ1) is 11.0. The largest absolute Gasteiger partial charge is 0.338 e. The Morgan fingerprint density at radius 2 is 2.13 bits per heavy atom. The number of rotatable bonds is 7. The molecule has 0 atom stereocenters. The molecule has 2 rings (SSSR count). The third-order valence-electron chi connectivity index (χ3n) is 3.17. The molecule has 23 heavy (non-hydrogen) atoms. The molecule has 2 aromatic rings. The second-order valence-electron chi connectivity index (χ2n) is 4.81. The van der Waals surface area contributed by atoms with Gasteiger partial charge in [-0.05, 0) is 12.1 Å². The van der Waals surface area contributed by atoms with E-state index in [-0.39, 0.29) is 30.5 Å². The van der Waals surface area contributed by atoms with E-state index in [4.69, 9.17) is 0 Å². The summed E-state index contributed by atoms with van der Waals surface area (Å²) in [4.78, 5) is 17.7. The van der Waals surface area contributed by atoms with E-state index in [1.807, 2.05) is 0 Å². The molecule has 8 heteroatoms. The van der Waals surface area contributed by atoms with Crippen molar-refractivity contribution in [3.63, 3.8) is 0 Å². The summed E-state index contributed by atoms with van der Waals surface area (Å²) in [5.74, 6) is 0.000416. The van der Waals surface area contributed by atoms with Crippen molar-refractivity contribution in [2.24, 2.45) is 0 Å². The van der Waals surface area contributed by atoms with Crippen molar-refractivity contribution in [3.8, 4) is 0 Å². The van der Waals surface area contributed by atoms with Crippen molar-refractivity contribution < 1.29 is 18.0 Å². The Hall–Kier alpha value is -1.96. The highest BCUT2D eigenvalue weighted by molar-refractivity contribution is 7.99. The third-order valence-corrected chi connectivity index (χ3v) is 4.22. The van der Waals surface area contributed by atoms with E-state index in [9.17, 15) is 18.0 Å². The van der Waals surface area contributed by atoms with Gasteiger partial charge in [-0.2, -0.15) is 8.78 Å². The molecule has 1 heterocycles. The molecule has 0 aliphatic carbocycles. The Kier molecular flexibility index (Phi) is 6.09. The van der Waals surface area contributed by atoms with Gasteiger partial charge in [0.05, 0.1) is 6.54 Å². The van der Waals surface area contributed by atoms with Crippen LogP contribution in [-0.2, 0) is 11.3 Å². The van der Waals surface area contributed by atoms with Crippen LogP contribution in [0.3, 0.4) is 0 Å². The van der Waals surface area contributed by atoms with Crippen LogP contribution in [-0.4, -0.2) is 33.2 Å². The fourth-order valence-electron chi connectivity index (χ4n) is 1.95. The van der Waals surface area contributed by atoms with Crippen molar-refractivity contribution in [3.05, 3.63) is 48.3 Å². The van der Waals surface area contributed by atoms with Gasteiger partial charge in [-0.3, -0.25) is 9.36 Å². The van der Waals surface area contributed by atoms with Gasteiger partial charge in [0, 0.05) is 36.5 Å². The van der Waals surface area contributed by atoms with Crippen LogP contribution < -0.4 is 0 Å². The highest BCUT2D eigenvalue weighted by atomic mass is 32.2. The number of halogens is 3. The summed E-state index contributed by atoms with van der Waals surface area (Å²) < 4.78 is 39.6. The molecule has 0 aliphatic rings. The zero-order chi connectivity index (χ0) is 16.8. The number of alkyl halides is 2. The van der Waals surface area contributed by atoms with Crippen molar-refractivity contribution >= 4 is 17.7 Å². The smallest absolute Gasteiger partial charge is 0.319 e. The minimum atomic E-state index is -2.69. The Balaban J connectivity index is 1.83. The topological polar surface area (TPSA) is 38.1 Å². The second kappa shape index (κ2) is 8.05. The predicted molar refractivity (Wildman–Crippen MR) is 81.7 cm³/mol. The summed E-state index contributed by atoms with van der Waals surface area (Å²) in [6, 6.07) is 6.33. The number of aromatic nitrogens is 2. The monoisotopic (exact) mass is 343 g/mol. The number of hydrogen-bond acceptors (Lipinski definition) is 3. The molecule has 0 saturated heterocycles. The maximum atomic E-state index is 13.4. The number of nitrogens with zero attached hydrogens (tertiary/aromatic N) is 3. The summed E-state index contributed by atoms with van der Waals surface area (Å²) in [6.07, 6.45) is 2.63. The number of carbonyl (C=O) groups is 1. The maximum absolute atomic E-state index is 13.4. The summed E-state index contributed by atoms with van der Waals surface area (Å²) in [5.41, 5.74) is 0. The van der Waals surface area contributed by atoms with E-state index < -0.39 is 6.55 Å². The summed E-state index contributed by atoms with van der Waals surface area (Å²) >= 11 is 1.25. The maximum Gasteiger partial charge on any atom is 0.319 e. The van der Waals surface area contributed by atoms with Gasteiger partial charge < -0.3 is 4.90 Å². The van der Waals surface area contributed by atoms with Crippen LogP contribution in [0.2, 0.25) is 0 Å². The average molecular weight is 343 g/mol. The van der Waals surface area contributed by atoms with Crippen LogP contribution in [0.25, 0.3) is 0 Å². The molecule has 0 bridgehead atoms. The predicted octanol–water partition coefficient (Wildman–Crippen LogP) is 3.56. The van der Waals surface area contributed by atoms with Crippen molar-refractivity contribution in [2.45, 2.75) is 24.4 Å². The quantitative estimate of drug-likeness (QED) is 0.722. The van der Waals surface area contributed by atoms with Gasteiger partial charge >= 0.3 is 6.55 Å². The zero-order valence-corrected chi connectivity index (χ0v) is 13.3. The minimum absolute atomic E-state index is 0.000534. The molecule has 1 aromatic heterocycles. The molecule has 124 valence electrons. The van der Waals surface area contributed by atoms with Gasteiger partial charge in [0.25, 0.3) is 0 Å². The summed E-state index contributed by atoms with van der Waals surface area (Å²) in [5, 5.41) is 0. The van der Waals surface area contributed by atoms with Gasteiger partial charge in [0.2, 0.25) is 5.91 Å². The van der Waals surface area contributed by atoms with Crippen LogP contribution in [0.15, 0.2) is 41.6 Å². The summed E-state index contributed by atoms with van der Waals surface area (Å²) in [6.45, 7) is -2.69. The molecule has 0 unspecified atom stereocenters. The molecule has 0 N–H and O–H groups in total. The van der Waals surface area contributed by atoms with E-state index in [2.05, 4.69) is 4.98 Å². The molecule has 0 aliphatic heterocycles. The molecule has 1 aromatic carbocycles. The number of hydrogen-bond donors (Lipinski definition) is 0. The van der Waals surface area contributed by atoms with Gasteiger partial charge in [-0.1, -0.05) is 12.1 Å². The second-order valence-corrected chi connectivity index (χ2v) is 5.94. The number of thioether (sulfide) groups is 1. The van der Waals surface area contributed by atoms with Crippen LogP contribution in [0.4, 0.5) is 13.2 Å². The zero-order valence-electron chi connectivity index (χ0n) is 12.5. The minimum Gasteiger partial charge on any atom is -0.338 e. The Morgan fingerprint density at radius 3 is 2.83 bits per heavy atom. The van der Waals surface area contributed by atoms with Crippen molar-refractivity contribution in [1.82, 2.24) is 14.5 Å². The number of amides is 1. The van der Waals surface area contributed by atoms with E-state index in [0.717, 1.165) is 4.57 Å². The van der Waals surface area contributed by atoms with E-state index >= 15 is 0 Å². The Morgan fingerprint density at radius 1 is 1.39 bits per heavy atom. The fraction of sp³-hybridized carbons (Fsp3) is 0.333. The van der Waals surface area contributed by atoms with Crippen LogP contribution in [0.5, 0.6) is 0 Å². The molecule has 0 spiro atoms. The van der Waals surface area contributed by atoms with Gasteiger partial charge in [-0.15, -0.1) is 11.8 Å². The summed E-state index contributed by atoms with van der Waals surface area (Å²) in [7, 11) is 1.53. The lowest BCUT2D eigenvalue weighted by molar-refractivity contribution is -0.130. The molecule has 0 saturated carbocycles. The normalized spacial score (nSPS) is 11.0. The van der Waals surface area contributed by atoms with E-state index in [1.165, 1.54) is 42.2 Å².